The van der Waals surface area contributed by atoms with Gasteiger partial charge in [-0.05, 0) is 121 Å². The summed E-state index contributed by atoms with van der Waals surface area (Å²) < 4.78 is 21.7. The summed E-state index contributed by atoms with van der Waals surface area (Å²) in [7, 11) is 6.56. The van der Waals surface area contributed by atoms with Gasteiger partial charge in [0.05, 0.1) is 28.4 Å². The highest BCUT2D eigenvalue weighted by atomic mass is 16.5. The molecule has 53 heavy (non-hydrogen) atoms. The summed E-state index contributed by atoms with van der Waals surface area (Å²) in [4.78, 5) is 0. The molecule has 2 N–H and O–H groups in total. The van der Waals surface area contributed by atoms with Gasteiger partial charge in [0.1, 0.15) is 34.2 Å². The minimum Gasteiger partial charge on any atom is -0.497 e. The first-order chi connectivity index (χ1) is 25.7. The molecule has 0 amide bonds. The summed E-state index contributed by atoms with van der Waals surface area (Å²) in [5, 5.41) is 25.3. The van der Waals surface area contributed by atoms with Crippen LogP contribution in [0.25, 0.3) is 0 Å². The fraction of sp³-hybridized carbons (Fsp3) is 0.277. The quantitative estimate of drug-likeness (QED) is 0.106. The van der Waals surface area contributed by atoms with Gasteiger partial charge in [0, 0.05) is 5.92 Å². The predicted octanol–water partition coefficient (Wildman–Crippen LogP) is 9.76. The van der Waals surface area contributed by atoms with E-state index < -0.39 is 11.2 Å². The number of rotatable bonds is 17. The molecule has 276 valence electrons. The third kappa shape index (κ3) is 8.68. The third-order valence-electron chi connectivity index (χ3n) is 10.4. The molecule has 5 rings (SSSR count). The average molecular weight is 713 g/mol. The number of aryl methyl sites for hydroxylation is 1. The predicted molar refractivity (Wildman–Crippen MR) is 213 cm³/mol. The molecule has 1 aliphatic rings. The first-order valence-electron chi connectivity index (χ1n) is 18.1. The van der Waals surface area contributed by atoms with Gasteiger partial charge in [0.2, 0.25) is 0 Å². The second kappa shape index (κ2) is 18.0. The molecule has 2 unspecified atom stereocenters. The molecule has 4 aromatic carbocycles. The van der Waals surface area contributed by atoms with Crippen LogP contribution in [-0.4, -0.2) is 38.7 Å². The summed E-state index contributed by atoms with van der Waals surface area (Å²) >= 11 is 0. The van der Waals surface area contributed by atoms with Crippen LogP contribution in [0.3, 0.4) is 0 Å². The fourth-order valence-electron chi connectivity index (χ4n) is 7.16. The van der Waals surface area contributed by atoms with Crippen molar-refractivity contribution in [2.24, 2.45) is 5.92 Å². The summed E-state index contributed by atoms with van der Waals surface area (Å²) in [6, 6.07) is 31.0. The van der Waals surface area contributed by atoms with E-state index in [4.69, 9.17) is 18.9 Å². The Balaban J connectivity index is 1.37. The second-order valence-electron chi connectivity index (χ2n) is 13.2. The van der Waals surface area contributed by atoms with Gasteiger partial charge in [-0.3, -0.25) is 0 Å². The van der Waals surface area contributed by atoms with E-state index in [1.165, 1.54) is 5.57 Å². The molecule has 2 atom stereocenters. The number of benzene rings is 4. The number of aliphatic hydroxyl groups is 2. The minimum absolute atomic E-state index is 0.281. The Labute approximate surface area is 315 Å². The molecule has 0 bridgehead atoms. The van der Waals surface area contributed by atoms with Gasteiger partial charge in [0.15, 0.2) is 0 Å². The molecule has 0 heterocycles. The van der Waals surface area contributed by atoms with E-state index in [1.54, 1.807) is 28.4 Å². The van der Waals surface area contributed by atoms with Crippen molar-refractivity contribution in [2.45, 2.75) is 50.2 Å². The molecule has 1 aliphatic carbocycles. The maximum Gasteiger partial charge on any atom is 0.140 e. The highest BCUT2D eigenvalue weighted by Gasteiger charge is 2.39. The van der Waals surface area contributed by atoms with Crippen LogP contribution < -0.4 is 14.2 Å². The van der Waals surface area contributed by atoms with Gasteiger partial charge in [-0.15, -0.1) is 6.58 Å². The Morgan fingerprint density at radius 2 is 1.26 bits per heavy atom. The van der Waals surface area contributed by atoms with Crippen LogP contribution in [0.4, 0.5) is 0 Å². The molecule has 0 radical (unpaired) electrons. The van der Waals surface area contributed by atoms with Crippen molar-refractivity contribution < 1.29 is 29.2 Å². The van der Waals surface area contributed by atoms with E-state index in [0.717, 1.165) is 75.7 Å². The molecule has 0 aromatic heterocycles. The first-order valence-corrected chi connectivity index (χ1v) is 18.1. The van der Waals surface area contributed by atoms with Crippen molar-refractivity contribution in [3.63, 3.8) is 0 Å². The normalized spacial score (nSPS) is 15.0. The fourth-order valence-corrected chi connectivity index (χ4v) is 7.16. The van der Waals surface area contributed by atoms with Crippen LogP contribution in [0.2, 0.25) is 0 Å². The lowest BCUT2D eigenvalue weighted by Gasteiger charge is -2.36. The zero-order chi connectivity index (χ0) is 37.8. The van der Waals surface area contributed by atoms with Crippen molar-refractivity contribution in [3.05, 3.63) is 185 Å². The zero-order valence-corrected chi connectivity index (χ0v) is 31.5. The Morgan fingerprint density at radius 3 is 1.77 bits per heavy atom. The number of methoxy groups -OCH3 is 4. The smallest absolute Gasteiger partial charge is 0.140 e. The van der Waals surface area contributed by atoms with Crippen molar-refractivity contribution >= 4 is 0 Å². The number of hydrogen-bond donors (Lipinski definition) is 2. The van der Waals surface area contributed by atoms with Gasteiger partial charge in [-0.25, -0.2) is 0 Å². The van der Waals surface area contributed by atoms with Crippen LogP contribution in [0.15, 0.2) is 157 Å². The maximum atomic E-state index is 12.7. The largest absolute Gasteiger partial charge is 0.497 e. The molecule has 0 saturated heterocycles. The van der Waals surface area contributed by atoms with Crippen LogP contribution >= 0.6 is 0 Å². The van der Waals surface area contributed by atoms with Crippen molar-refractivity contribution in [2.75, 3.05) is 28.4 Å². The van der Waals surface area contributed by atoms with E-state index in [-0.39, 0.29) is 5.92 Å². The standard InChI is InChI=1S/C47H52O6/c1-7-34(17-18-36(8-2)46(48,38-20-27-43(51-4)28-21-38)39-22-29-44(52-5)30-23-39)15-16-35-11-9-13-41(33-35)47(49,40-24-31-45(53-6)32-25-40)37-12-10-14-42(50-3)26-19-37/h7-9,11-14,19-33,36,48-49H,2,10,15-18H2,1,3-6H3/b34-7-. The van der Waals surface area contributed by atoms with E-state index >= 15 is 0 Å². The van der Waals surface area contributed by atoms with Crippen LogP contribution in [0.1, 0.15) is 60.4 Å². The molecule has 4 aromatic rings. The Bertz CT molecular complexity index is 1880. The van der Waals surface area contributed by atoms with Crippen LogP contribution in [0.5, 0.6) is 17.2 Å². The molecule has 6 nitrogen and oxygen atoms in total. The highest BCUT2D eigenvalue weighted by Crippen LogP contribution is 2.43. The van der Waals surface area contributed by atoms with Gasteiger partial charge >= 0.3 is 0 Å². The number of hydrogen-bond acceptors (Lipinski definition) is 6. The maximum absolute atomic E-state index is 12.7. The number of ether oxygens (including phenoxy) is 4. The van der Waals surface area contributed by atoms with Crippen LogP contribution in [0, 0.1) is 5.92 Å². The van der Waals surface area contributed by atoms with E-state index in [1.807, 2.05) is 115 Å². The summed E-state index contributed by atoms with van der Waals surface area (Å²) in [5.41, 5.74) is 3.53. The Morgan fingerprint density at radius 1 is 0.698 bits per heavy atom. The van der Waals surface area contributed by atoms with Crippen LogP contribution in [-0.2, 0) is 22.4 Å². The lowest BCUT2D eigenvalue weighted by molar-refractivity contribution is 0.0329. The summed E-state index contributed by atoms with van der Waals surface area (Å²) in [6.45, 7) is 6.26. The van der Waals surface area contributed by atoms with Gasteiger partial charge < -0.3 is 29.2 Å². The van der Waals surface area contributed by atoms with Crippen molar-refractivity contribution in [1.29, 1.82) is 0 Å². The molecule has 6 heteroatoms. The monoisotopic (exact) mass is 712 g/mol. The van der Waals surface area contributed by atoms with E-state index in [2.05, 4.69) is 31.7 Å². The minimum atomic E-state index is -1.40. The van der Waals surface area contributed by atoms with Crippen molar-refractivity contribution in [1.82, 2.24) is 0 Å². The second-order valence-corrected chi connectivity index (χ2v) is 13.2. The van der Waals surface area contributed by atoms with E-state index in [0.29, 0.717) is 12.8 Å². The van der Waals surface area contributed by atoms with Gasteiger partial charge in [-0.1, -0.05) is 90.5 Å². The number of allylic oxidation sites excluding steroid dienone is 5. The highest BCUT2D eigenvalue weighted by molar-refractivity contribution is 5.52. The topological polar surface area (TPSA) is 77.4 Å². The first kappa shape index (κ1) is 38.9. The molecule has 0 saturated carbocycles. The Kier molecular flexibility index (Phi) is 13.2. The summed E-state index contributed by atoms with van der Waals surface area (Å²) in [6.07, 6.45) is 15.6. The van der Waals surface area contributed by atoms with Crippen molar-refractivity contribution in [3.8, 4) is 17.2 Å². The molecular weight excluding hydrogens is 661 g/mol. The third-order valence-corrected chi connectivity index (χ3v) is 10.4. The molecule has 0 fully saturated rings. The van der Waals surface area contributed by atoms with Gasteiger partial charge in [-0.2, -0.15) is 0 Å². The van der Waals surface area contributed by atoms with Gasteiger partial charge in [0.25, 0.3) is 0 Å². The zero-order valence-electron chi connectivity index (χ0n) is 31.5. The average Bonchev–Trinajstić information content (AvgIpc) is 3.48. The molecular formula is C47H52O6. The molecule has 0 aliphatic heterocycles. The lowest BCUT2D eigenvalue weighted by atomic mass is 9.73. The lowest BCUT2D eigenvalue weighted by Crippen LogP contribution is -2.35. The molecule has 0 spiro atoms. The SMILES string of the molecule is C=CC(CC/C(=C\C)CCc1cccc(C(O)(C2=CCC=C(OC)C=C2)c2ccc(OC)cc2)c1)C(O)(c1ccc(OC)cc1)c1ccc(OC)cc1. The van der Waals surface area contributed by atoms with E-state index in [9.17, 15) is 10.2 Å². The Hall–Kier alpha value is -5.30. The summed E-state index contributed by atoms with van der Waals surface area (Å²) in [5.74, 6) is 2.65.